The molecule has 1 fully saturated rings. The minimum Gasteiger partial charge on any atom is -0.460 e. The van der Waals surface area contributed by atoms with Gasteiger partial charge in [-0.25, -0.2) is 18.5 Å². The normalized spacial score (nSPS) is 19.9. The first kappa shape index (κ1) is 66.1. The zero-order valence-corrected chi connectivity index (χ0v) is 45.9. The van der Waals surface area contributed by atoms with Crippen molar-refractivity contribution >= 4 is 64.8 Å². The van der Waals surface area contributed by atoms with Crippen molar-refractivity contribution in [2.45, 2.75) is 187 Å². The lowest BCUT2D eigenvalue weighted by atomic mass is 9.91. The highest BCUT2D eigenvalue weighted by molar-refractivity contribution is 7.66. The maximum Gasteiger partial charge on any atom is 0.490 e. The summed E-state index contributed by atoms with van der Waals surface area (Å²) in [7, 11) is -16.8. The number of hydrogen-bond donors (Lipinski definition) is 8. The van der Waals surface area contributed by atoms with Gasteiger partial charge in [0.2, 0.25) is 11.8 Å². The number of rotatable bonds is 31. The molecule has 1 aromatic heterocycles. The van der Waals surface area contributed by atoms with Gasteiger partial charge < -0.3 is 60.8 Å². The maximum atomic E-state index is 13.9. The Morgan fingerprint density at radius 3 is 1.82 bits per heavy atom. The SMILES string of the molecule is CC(C)(C)OC(=O)CCC(N)C(=O)NC(CCC(=O)OC(C)(C)C)C(=O)CC(CCC(=O)OC(C)(C)C)C(=O)NCCCCCCOP(=O)(O)OP(=O)(O)OP(=O)(O)OC[C@H]1O[C@@H](n2ccc(N)nc2=O)C[C@H]1O. The van der Waals surface area contributed by atoms with Crippen LogP contribution in [0, 0.1) is 5.92 Å². The number of phosphoric ester groups is 2. The Hall–Kier alpha value is -4.01. The number of esters is 3. The molecule has 1 saturated heterocycles. The second-order valence-electron chi connectivity index (χ2n) is 20.3. The molecule has 0 radical (unpaired) electrons. The number of nitrogen functional groups attached to an aromatic ring is 1. The molecule has 0 aliphatic carbocycles. The highest BCUT2D eigenvalue weighted by atomic mass is 31.3. The molecule has 74 heavy (non-hydrogen) atoms. The molecule has 9 atom stereocenters. The molecule has 31 heteroatoms. The van der Waals surface area contributed by atoms with Crippen molar-refractivity contribution in [3.63, 3.8) is 0 Å². The standard InChI is InChI=1S/C43H75N6O22P3/c1-41(2,3)67-35(52)17-14-27(24-30(50)29(16-19-37(54)69-43(7,8)9)47-39(56)28(44)15-18-36(53)68-42(4,5)6)38(55)46-21-12-10-11-13-23-64-72(58,59)70-74(62,63)71-73(60,61)65-26-32-31(51)25-34(66-32)49-22-20-33(45)48-40(49)57/h20,22,27-29,31-32,34,51H,10-19,21,23-26,44H2,1-9H3,(H,46,55)(H,47,56)(H,58,59)(H,60,61)(H,62,63)(H2,45,48,57)/t27?,28?,29?,31-,32-,34-/m1/s1. The van der Waals surface area contributed by atoms with Crippen LogP contribution < -0.4 is 27.8 Å². The third-order valence-electron chi connectivity index (χ3n) is 9.92. The minimum atomic E-state index is -5.83. The molecule has 6 unspecified atom stereocenters. The van der Waals surface area contributed by atoms with Crippen LogP contribution in [0.1, 0.15) is 146 Å². The Kier molecular flexibility index (Phi) is 25.8. The van der Waals surface area contributed by atoms with Crippen molar-refractivity contribution in [1.29, 1.82) is 0 Å². The Bertz CT molecular complexity index is 2280. The number of anilines is 1. The summed E-state index contributed by atoms with van der Waals surface area (Å²) in [6, 6.07) is -1.29. The highest BCUT2D eigenvalue weighted by Crippen LogP contribution is 2.67. The van der Waals surface area contributed by atoms with Gasteiger partial charge in [-0.2, -0.15) is 13.6 Å². The number of carbonyl (C=O) groups excluding carboxylic acids is 6. The van der Waals surface area contributed by atoms with Crippen molar-refractivity contribution in [3.05, 3.63) is 22.7 Å². The van der Waals surface area contributed by atoms with E-state index in [4.69, 9.17) is 34.9 Å². The molecule has 424 valence electrons. The molecule has 1 aliphatic heterocycles. The van der Waals surface area contributed by atoms with Gasteiger partial charge in [-0.15, -0.1) is 0 Å². The van der Waals surface area contributed by atoms with E-state index in [1.54, 1.807) is 62.3 Å². The van der Waals surface area contributed by atoms with Gasteiger partial charge in [0.25, 0.3) is 0 Å². The number of aliphatic hydroxyl groups excluding tert-OH is 1. The molecule has 2 rings (SSSR count). The molecule has 1 aromatic rings. The van der Waals surface area contributed by atoms with Crippen molar-refractivity contribution < 1.29 is 98.9 Å². The number of nitrogens with one attached hydrogen (secondary N) is 2. The summed E-state index contributed by atoms with van der Waals surface area (Å²) in [6.07, 6.45) is -3.36. The van der Waals surface area contributed by atoms with E-state index in [9.17, 15) is 67.0 Å². The zero-order valence-electron chi connectivity index (χ0n) is 43.3. The van der Waals surface area contributed by atoms with Crippen molar-refractivity contribution in [2.24, 2.45) is 11.7 Å². The monoisotopic (exact) mass is 1120 g/mol. The lowest BCUT2D eigenvalue weighted by Gasteiger charge is -2.24. The molecular weight excluding hydrogens is 1050 g/mol. The molecule has 10 N–H and O–H groups in total. The quantitative estimate of drug-likeness (QED) is 0.0229. The van der Waals surface area contributed by atoms with Gasteiger partial charge in [0, 0.05) is 50.8 Å². The highest BCUT2D eigenvalue weighted by Gasteiger charge is 2.44. The van der Waals surface area contributed by atoms with Gasteiger partial charge in [-0.1, -0.05) is 12.8 Å². The van der Waals surface area contributed by atoms with E-state index in [1.807, 2.05) is 0 Å². The number of carbonyl (C=O) groups is 6. The average Bonchev–Trinajstić information content (AvgIpc) is 3.59. The summed E-state index contributed by atoms with van der Waals surface area (Å²) in [6.45, 7) is 13.6. The number of nitrogens with two attached hydrogens (primary N) is 2. The van der Waals surface area contributed by atoms with Gasteiger partial charge in [-0.05, 0) is 100 Å². The van der Waals surface area contributed by atoms with Crippen molar-refractivity contribution in [1.82, 2.24) is 20.2 Å². The molecular formula is C43H75N6O22P3. The fourth-order valence-electron chi connectivity index (χ4n) is 6.73. The van der Waals surface area contributed by atoms with Crippen LogP contribution >= 0.6 is 23.5 Å². The summed E-state index contributed by atoms with van der Waals surface area (Å²) in [5, 5.41) is 15.6. The van der Waals surface area contributed by atoms with Crippen LogP contribution in [0.3, 0.4) is 0 Å². The summed E-state index contributed by atoms with van der Waals surface area (Å²) in [5.74, 6) is -5.15. The number of amides is 2. The second-order valence-corrected chi connectivity index (χ2v) is 24.9. The number of nitrogens with zero attached hydrogens (tertiary/aromatic N) is 2. The largest absolute Gasteiger partial charge is 0.490 e. The lowest BCUT2D eigenvalue weighted by Crippen LogP contribution is -2.49. The Labute approximate surface area is 429 Å². The van der Waals surface area contributed by atoms with Crippen molar-refractivity contribution in [2.75, 3.05) is 25.5 Å². The van der Waals surface area contributed by atoms with Gasteiger partial charge in [0.15, 0.2) is 5.78 Å². The van der Waals surface area contributed by atoms with E-state index in [2.05, 4.69) is 28.8 Å². The van der Waals surface area contributed by atoms with E-state index in [1.165, 1.54) is 12.3 Å². The van der Waals surface area contributed by atoms with Crippen LogP contribution in [0.25, 0.3) is 0 Å². The van der Waals surface area contributed by atoms with Crippen molar-refractivity contribution in [3.8, 4) is 0 Å². The number of unbranched alkanes of at least 4 members (excludes halogenated alkanes) is 3. The Balaban J connectivity index is 1.96. The first-order valence-electron chi connectivity index (χ1n) is 23.7. The van der Waals surface area contributed by atoms with E-state index < -0.39 is 138 Å². The smallest absolute Gasteiger partial charge is 0.460 e. The summed E-state index contributed by atoms with van der Waals surface area (Å²) in [4.78, 5) is 124. The molecule has 0 aromatic carbocycles. The van der Waals surface area contributed by atoms with E-state index >= 15 is 0 Å². The average molecular weight is 1120 g/mol. The molecule has 0 saturated carbocycles. The fourth-order valence-corrected chi connectivity index (χ4v) is 10.3. The van der Waals surface area contributed by atoms with E-state index in [0.29, 0.717) is 19.3 Å². The molecule has 0 bridgehead atoms. The van der Waals surface area contributed by atoms with Gasteiger partial charge >= 0.3 is 47.1 Å². The van der Waals surface area contributed by atoms with Gasteiger partial charge in [-0.3, -0.25) is 42.4 Å². The third kappa shape index (κ3) is 27.7. The zero-order chi connectivity index (χ0) is 56.5. The first-order valence-corrected chi connectivity index (χ1v) is 28.2. The van der Waals surface area contributed by atoms with Crippen LogP contribution in [-0.4, -0.2) is 126 Å². The first-order chi connectivity index (χ1) is 33.8. The summed E-state index contributed by atoms with van der Waals surface area (Å²) >= 11 is 0. The fraction of sp³-hybridized carbons (Fsp3) is 0.767. The summed E-state index contributed by atoms with van der Waals surface area (Å²) < 4.78 is 77.3. The maximum absolute atomic E-state index is 13.9. The van der Waals surface area contributed by atoms with E-state index in [-0.39, 0.29) is 63.7 Å². The predicted octanol–water partition coefficient (Wildman–Crippen LogP) is 3.27. The third-order valence-corrected chi connectivity index (χ3v) is 14.2. The van der Waals surface area contributed by atoms with Gasteiger partial charge in [0.05, 0.1) is 31.4 Å². The van der Waals surface area contributed by atoms with Crippen LogP contribution in [-0.2, 0) is 79.1 Å². The molecule has 2 heterocycles. The topological polar surface area (TPSA) is 419 Å². The molecule has 1 aliphatic rings. The Morgan fingerprint density at radius 1 is 0.770 bits per heavy atom. The van der Waals surface area contributed by atoms with Gasteiger partial charge in [0.1, 0.15) is 35.0 Å². The number of aromatic nitrogens is 2. The van der Waals surface area contributed by atoms with Crippen LogP contribution in [0.15, 0.2) is 17.1 Å². The number of ether oxygens (including phenoxy) is 4. The number of aliphatic hydroxyl groups is 1. The Morgan fingerprint density at radius 2 is 1.28 bits per heavy atom. The minimum absolute atomic E-state index is 0.0601. The molecule has 2 amide bonds. The van der Waals surface area contributed by atoms with E-state index in [0.717, 1.165) is 4.57 Å². The lowest BCUT2D eigenvalue weighted by molar-refractivity contribution is -0.156. The summed E-state index contributed by atoms with van der Waals surface area (Å²) in [5.41, 5.74) is 8.26. The number of ketones is 1. The molecule has 0 spiro atoms. The van der Waals surface area contributed by atoms with Crippen LogP contribution in [0.4, 0.5) is 5.82 Å². The number of Topliss-reactive ketones (excluding diaryl/α,β-unsaturated/α-hetero) is 1. The van der Waals surface area contributed by atoms with Crippen LogP contribution in [0.5, 0.6) is 0 Å². The predicted molar refractivity (Wildman–Crippen MR) is 261 cm³/mol. The second kappa shape index (κ2) is 28.9. The number of phosphoric acid groups is 3. The number of hydrogen-bond acceptors (Lipinski definition) is 22. The van der Waals surface area contributed by atoms with Crippen LogP contribution in [0.2, 0.25) is 0 Å². The molecule has 28 nitrogen and oxygen atoms in total.